The zero-order valence-electron chi connectivity index (χ0n) is 14.0. The van der Waals surface area contributed by atoms with E-state index in [2.05, 4.69) is 10.6 Å². The van der Waals surface area contributed by atoms with Gasteiger partial charge in [0.2, 0.25) is 0 Å². The summed E-state index contributed by atoms with van der Waals surface area (Å²) in [4.78, 5) is 10.4. The fourth-order valence-corrected chi connectivity index (χ4v) is 3.97. The van der Waals surface area contributed by atoms with Gasteiger partial charge in [-0.25, -0.2) is 8.42 Å². The minimum Gasteiger partial charge on any atom is -0.378 e. The van der Waals surface area contributed by atoms with Crippen molar-refractivity contribution in [2.45, 2.75) is 49.5 Å². The molecule has 0 aromatic heterocycles. The van der Waals surface area contributed by atoms with Crippen LogP contribution >= 0.6 is 0 Å². The van der Waals surface area contributed by atoms with E-state index in [0.29, 0.717) is 19.1 Å². The molecule has 1 aliphatic rings. The van der Waals surface area contributed by atoms with Crippen LogP contribution in [0.3, 0.4) is 0 Å². The largest absolute Gasteiger partial charge is 0.378 e. The number of benzene rings is 1. The molecule has 0 radical (unpaired) electrons. The summed E-state index contributed by atoms with van der Waals surface area (Å²) < 4.78 is 23.5. The molecule has 0 heterocycles. The fraction of sp³-hybridized carbons (Fsp3) is 0.625. The smallest absolute Gasteiger partial charge is 0.310 e. The number of sulfone groups is 1. The molecule has 1 aromatic carbocycles. The summed E-state index contributed by atoms with van der Waals surface area (Å²) in [6, 6.07) is 4.83. The van der Waals surface area contributed by atoms with Crippen LogP contribution in [0.2, 0.25) is 0 Å². The van der Waals surface area contributed by atoms with Crippen LogP contribution in [0.25, 0.3) is 0 Å². The zero-order valence-corrected chi connectivity index (χ0v) is 14.8. The standard InChI is InChI=1S/C16H25N3O4S/c1-24(22,23)15-10-6-9-14(16(15)19(20)21)18-12-11-17-13-7-4-2-3-5-8-13/h6,9-10,13,17-18H,2-5,7-8,11-12H2,1H3. The monoisotopic (exact) mass is 355 g/mol. The van der Waals surface area contributed by atoms with Crippen molar-refractivity contribution in [3.05, 3.63) is 28.3 Å². The zero-order chi connectivity index (χ0) is 17.6. The van der Waals surface area contributed by atoms with Crippen LogP contribution in [-0.4, -0.2) is 38.7 Å². The van der Waals surface area contributed by atoms with E-state index in [9.17, 15) is 18.5 Å². The van der Waals surface area contributed by atoms with Crippen molar-refractivity contribution >= 4 is 21.2 Å². The molecule has 0 spiro atoms. The van der Waals surface area contributed by atoms with Crippen LogP contribution in [-0.2, 0) is 9.84 Å². The van der Waals surface area contributed by atoms with Gasteiger partial charge in [0, 0.05) is 25.4 Å². The first-order valence-corrected chi connectivity index (χ1v) is 10.2. The number of rotatable bonds is 7. The van der Waals surface area contributed by atoms with Crippen LogP contribution in [0.4, 0.5) is 11.4 Å². The van der Waals surface area contributed by atoms with E-state index in [1.165, 1.54) is 50.7 Å². The number of nitrogens with zero attached hydrogens (tertiary/aromatic N) is 1. The van der Waals surface area contributed by atoms with E-state index < -0.39 is 14.8 Å². The summed E-state index contributed by atoms with van der Waals surface area (Å²) in [5.41, 5.74) is -0.139. The lowest BCUT2D eigenvalue weighted by Gasteiger charge is -2.16. The van der Waals surface area contributed by atoms with Crippen molar-refractivity contribution in [2.75, 3.05) is 24.7 Å². The molecule has 0 amide bonds. The molecule has 7 nitrogen and oxygen atoms in total. The first kappa shape index (κ1) is 18.7. The number of hydrogen-bond acceptors (Lipinski definition) is 6. The predicted octanol–water partition coefficient (Wildman–Crippen LogP) is 2.72. The number of nitro groups is 1. The Balaban J connectivity index is 1.98. The van der Waals surface area contributed by atoms with E-state index in [0.717, 1.165) is 6.26 Å². The maximum Gasteiger partial charge on any atom is 0.310 e. The van der Waals surface area contributed by atoms with Crippen LogP contribution in [0.5, 0.6) is 0 Å². The van der Waals surface area contributed by atoms with E-state index in [1.807, 2.05) is 0 Å². The summed E-state index contributed by atoms with van der Waals surface area (Å²) in [6.07, 6.45) is 8.39. The molecule has 0 saturated heterocycles. The molecule has 0 aliphatic heterocycles. The minimum atomic E-state index is -3.65. The first-order chi connectivity index (χ1) is 11.4. The van der Waals surface area contributed by atoms with E-state index in [4.69, 9.17) is 0 Å². The van der Waals surface area contributed by atoms with Crippen LogP contribution < -0.4 is 10.6 Å². The maximum absolute atomic E-state index is 11.7. The molecular formula is C16H25N3O4S. The molecule has 1 saturated carbocycles. The lowest BCUT2D eigenvalue weighted by Crippen LogP contribution is -2.32. The Kier molecular flexibility index (Phi) is 6.56. The molecule has 24 heavy (non-hydrogen) atoms. The predicted molar refractivity (Wildman–Crippen MR) is 94.2 cm³/mol. The Bertz CT molecular complexity index is 668. The van der Waals surface area contributed by atoms with Crippen molar-refractivity contribution in [3.63, 3.8) is 0 Å². The average Bonchev–Trinajstić information content (AvgIpc) is 2.79. The summed E-state index contributed by atoms with van der Waals surface area (Å²) in [5, 5.41) is 17.8. The molecule has 2 rings (SSSR count). The number of nitro benzene ring substituents is 1. The van der Waals surface area contributed by atoms with Gasteiger partial charge in [-0.15, -0.1) is 0 Å². The lowest BCUT2D eigenvalue weighted by atomic mass is 10.1. The summed E-state index contributed by atoms with van der Waals surface area (Å²) >= 11 is 0. The van der Waals surface area contributed by atoms with Gasteiger partial charge in [-0.1, -0.05) is 31.7 Å². The van der Waals surface area contributed by atoms with Gasteiger partial charge in [0.05, 0.1) is 4.92 Å². The highest BCUT2D eigenvalue weighted by atomic mass is 32.2. The van der Waals surface area contributed by atoms with Gasteiger partial charge in [0.15, 0.2) is 9.84 Å². The van der Waals surface area contributed by atoms with Crippen molar-refractivity contribution in [2.24, 2.45) is 0 Å². The number of hydrogen-bond donors (Lipinski definition) is 2. The Morgan fingerprint density at radius 2 is 1.83 bits per heavy atom. The molecule has 0 atom stereocenters. The Hall–Kier alpha value is -1.67. The molecule has 1 aliphatic carbocycles. The Morgan fingerprint density at radius 3 is 2.42 bits per heavy atom. The Morgan fingerprint density at radius 1 is 1.17 bits per heavy atom. The maximum atomic E-state index is 11.7. The SMILES string of the molecule is CS(=O)(=O)c1cccc(NCCNC2CCCCCC2)c1[N+](=O)[O-]. The van der Waals surface area contributed by atoms with Gasteiger partial charge in [-0.05, 0) is 25.0 Å². The molecule has 0 unspecified atom stereocenters. The lowest BCUT2D eigenvalue weighted by molar-refractivity contribution is -0.386. The van der Waals surface area contributed by atoms with Crippen LogP contribution in [0, 0.1) is 10.1 Å². The van der Waals surface area contributed by atoms with Gasteiger partial charge < -0.3 is 10.6 Å². The topological polar surface area (TPSA) is 101 Å². The molecule has 8 heteroatoms. The summed E-state index contributed by atoms with van der Waals surface area (Å²) in [7, 11) is -3.65. The third-order valence-electron chi connectivity index (χ3n) is 4.31. The second kappa shape index (κ2) is 8.43. The number of anilines is 1. The second-order valence-corrected chi connectivity index (χ2v) is 8.24. The van der Waals surface area contributed by atoms with Gasteiger partial charge in [-0.2, -0.15) is 0 Å². The van der Waals surface area contributed by atoms with Crippen LogP contribution in [0.15, 0.2) is 23.1 Å². The molecule has 1 aromatic rings. The van der Waals surface area contributed by atoms with E-state index in [1.54, 1.807) is 6.07 Å². The highest BCUT2D eigenvalue weighted by Crippen LogP contribution is 2.31. The Labute approximate surface area is 142 Å². The third kappa shape index (κ3) is 5.17. The number of nitrogens with one attached hydrogen (secondary N) is 2. The highest BCUT2D eigenvalue weighted by molar-refractivity contribution is 7.90. The van der Waals surface area contributed by atoms with Crippen molar-refractivity contribution in [1.29, 1.82) is 0 Å². The molecule has 134 valence electrons. The van der Waals surface area contributed by atoms with Crippen molar-refractivity contribution in [1.82, 2.24) is 5.32 Å². The molecular weight excluding hydrogens is 330 g/mol. The fourth-order valence-electron chi connectivity index (χ4n) is 3.11. The first-order valence-electron chi connectivity index (χ1n) is 8.34. The van der Waals surface area contributed by atoms with Crippen LogP contribution in [0.1, 0.15) is 38.5 Å². The van der Waals surface area contributed by atoms with Crippen molar-refractivity contribution in [3.8, 4) is 0 Å². The molecule has 0 bridgehead atoms. The average molecular weight is 355 g/mol. The van der Waals surface area contributed by atoms with Gasteiger partial charge in [0.1, 0.15) is 10.6 Å². The third-order valence-corrected chi connectivity index (χ3v) is 5.44. The van der Waals surface area contributed by atoms with Gasteiger partial charge in [-0.3, -0.25) is 10.1 Å². The van der Waals surface area contributed by atoms with E-state index in [-0.39, 0.29) is 16.3 Å². The normalized spacial score (nSPS) is 16.5. The number of para-hydroxylation sites is 1. The quantitative estimate of drug-likeness (QED) is 0.337. The summed E-state index contributed by atoms with van der Waals surface area (Å²) in [5.74, 6) is 0. The molecule has 1 fully saturated rings. The summed E-state index contributed by atoms with van der Waals surface area (Å²) in [6.45, 7) is 1.19. The van der Waals surface area contributed by atoms with Gasteiger partial charge >= 0.3 is 5.69 Å². The van der Waals surface area contributed by atoms with E-state index >= 15 is 0 Å². The second-order valence-electron chi connectivity index (χ2n) is 6.25. The van der Waals surface area contributed by atoms with Crippen molar-refractivity contribution < 1.29 is 13.3 Å². The highest BCUT2D eigenvalue weighted by Gasteiger charge is 2.25. The molecule has 2 N–H and O–H groups in total. The van der Waals surface area contributed by atoms with Gasteiger partial charge in [0.25, 0.3) is 0 Å². The minimum absolute atomic E-state index is 0.241.